The number of esters is 1. The smallest absolute Gasteiger partial charge is 0.329 e. The molecule has 1 aromatic rings. The topological polar surface area (TPSA) is 84.5 Å². The molecule has 9 heteroatoms. The molecule has 6 nitrogen and oxygen atoms in total. The second kappa shape index (κ2) is 6.46. The molecule has 0 aromatic heterocycles. The molecular weight excluding hydrogens is 305 g/mol. The van der Waals surface area contributed by atoms with E-state index in [4.69, 9.17) is 0 Å². The lowest BCUT2D eigenvalue weighted by Gasteiger charge is -2.11. The molecular formula is C13H11F3N2O4. The minimum absolute atomic E-state index is 0.187. The van der Waals surface area contributed by atoms with Gasteiger partial charge in [0, 0.05) is 6.42 Å². The number of rotatable bonds is 4. The Balaban J connectivity index is 1.87. The van der Waals surface area contributed by atoms with Gasteiger partial charge in [-0.25, -0.2) is 18.0 Å². The van der Waals surface area contributed by atoms with Gasteiger partial charge in [0.2, 0.25) is 5.91 Å². The summed E-state index contributed by atoms with van der Waals surface area (Å²) in [5.41, 5.74) is -0.575. The zero-order chi connectivity index (χ0) is 16.3. The Kier molecular flexibility index (Phi) is 4.64. The summed E-state index contributed by atoms with van der Waals surface area (Å²) < 4.78 is 43.7. The molecule has 0 unspecified atom stereocenters. The monoisotopic (exact) mass is 316 g/mol. The van der Waals surface area contributed by atoms with E-state index in [0.717, 1.165) is 6.07 Å². The predicted molar refractivity (Wildman–Crippen MR) is 67.1 cm³/mol. The summed E-state index contributed by atoms with van der Waals surface area (Å²) in [4.78, 5) is 33.9. The molecule has 0 spiro atoms. The molecule has 2 N–H and O–H groups in total. The average molecular weight is 316 g/mol. The zero-order valence-corrected chi connectivity index (χ0v) is 11.1. The highest BCUT2D eigenvalue weighted by Crippen LogP contribution is 2.19. The minimum Gasteiger partial charge on any atom is -0.454 e. The first-order chi connectivity index (χ1) is 10.4. The van der Waals surface area contributed by atoms with Crippen molar-refractivity contribution in [2.75, 3.05) is 11.9 Å². The summed E-state index contributed by atoms with van der Waals surface area (Å²) in [6, 6.07) is 0.666. The maximum Gasteiger partial charge on any atom is 0.329 e. The molecule has 1 heterocycles. The van der Waals surface area contributed by atoms with Crippen LogP contribution in [0.3, 0.4) is 0 Å². The summed E-state index contributed by atoms with van der Waals surface area (Å²) in [5, 5.41) is 4.30. The van der Waals surface area contributed by atoms with Crippen LogP contribution in [-0.4, -0.2) is 30.4 Å². The van der Waals surface area contributed by atoms with Crippen LogP contribution in [0.1, 0.15) is 12.8 Å². The van der Waals surface area contributed by atoms with Gasteiger partial charge >= 0.3 is 5.97 Å². The van der Waals surface area contributed by atoms with Crippen LogP contribution in [0.2, 0.25) is 0 Å². The van der Waals surface area contributed by atoms with Crippen LogP contribution in [0, 0.1) is 17.5 Å². The van der Waals surface area contributed by atoms with E-state index in [1.165, 1.54) is 0 Å². The lowest BCUT2D eigenvalue weighted by Crippen LogP contribution is -2.36. The SMILES string of the molecule is O=C(COC(=O)[C@@H]1CCC(=O)N1)Nc1ccc(F)c(F)c1F. The minimum atomic E-state index is -1.72. The highest BCUT2D eigenvalue weighted by Gasteiger charge is 2.28. The number of hydrogen-bond donors (Lipinski definition) is 2. The number of amides is 2. The average Bonchev–Trinajstić information content (AvgIpc) is 2.92. The molecule has 1 saturated heterocycles. The van der Waals surface area contributed by atoms with E-state index >= 15 is 0 Å². The molecule has 1 aliphatic heterocycles. The van der Waals surface area contributed by atoms with E-state index in [2.05, 4.69) is 10.1 Å². The van der Waals surface area contributed by atoms with Crippen molar-refractivity contribution >= 4 is 23.5 Å². The van der Waals surface area contributed by atoms with Gasteiger partial charge in [-0.3, -0.25) is 9.59 Å². The molecule has 0 radical (unpaired) electrons. The van der Waals surface area contributed by atoms with Crippen molar-refractivity contribution in [1.29, 1.82) is 0 Å². The first kappa shape index (κ1) is 15.8. The lowest BCUT2D eigenvalue weighted by molar-refractivity contribution is -0.149. The molecule has 2 amide bonds. The van der Waals surface area contributed by atoms with Crippen LogP contribution < -0.4 is 10.6 Å². The Morgan fingerprint density at radius 1 is 1.27 bits per heavy atom. The van der Waals surface area contributed by atoms with Crippen LogP contribution in [0.4, 0.5) is 18.9 Å². The van der Waals surface area contributed by atoms with Crippen LogP contribution in [-0.2, 0) is 19.1 Å². The first-order valence-corrected chi connectivity index (χ1v) is 6.28. The third kappa shape index (κ3) is 3.54. The van der Waals surface area contributed by atoms with Crippen molar-refractivity contribution < 1.29 is 32.3 Å². The highest BCUT2D eigenvalue weighted by atomic mass is 19.2. The molecule has 1 atom stereocenters. The molecule has 1 aromatic carbocycles. The number of nitrogens with one attached hydrogen (secondary N) is 2. The molecule has 0 aliphatic carbocycles. The van der Waals surface area contributed by atoms with Crippen LogP contribution in [0.25, 0.3) is 0 Å². The fourth-order valence-electron chi connectivity index (χ4n) is 1.84. The van der Waals surface area contributed by atoms with Crippen LogP contribution in [0.15, 0.2) is 12.1 Å². The third-order valence-corrected chi connectivity index (χ3v) is 2.93. The lowest BCUT2D eigenvalue weighted by atomic mass is 10.2. The van der Waals surface area contributed by atoms with Gasteiger partial charge in [0.15, 0.2) is 24.1 Å². The van der Waals surface area contributed by atoms with Gasteiger partial charge in [-0.15, -0.1) is 0 Å². The summed E-state index contributed by atoms with van der Waals surface area (Å²) in [7, 11) is 0. The van der Waals surface area contributed by atoms with Gasteiger partial charge in [0.1, 0.15) is 6.04 Å². The standard InChI is InChI=1S/C13H11F3N2O4/c14-6-1-2-7(12(16)11(6)15)17-10(20)5-22-13(21)8-3-4-9(19)18-8/h1-2,8H,3-5H2,(H,17,20)(H,18,19)/t8-/m0/s1. The Labute approximate surface area is 122 Å². The van der Waals surface area contributed by atoms with Gasteiger partial charge in [0.05, 0.1) is 5.69 Å². The summed E-state index contributed by atoms with van der Waals surface area (Å²) >= 11 is 0. The quantitative estimate of drug-likeness (QED) is 0.637. The number of hydrogen-bond acceptors (Lipinski definition) is 4. The van der Waals surface area contributed by atoms with Crippen molar-refractivity contribution in [2.45, 2.75) is 18.9 Å². The highest BCUT2D eigenvalue weighted by molar-refractivity contribution is 5.94. The normalized spacial score (nSPS) is 17.0. The Bertz CT molecular complexity index is 636. The van der Waals surface area contributed by atoms with Gasteiger partial charge in [0.25, 0.3) is 5.91 Å². The molecule has 0 bridgehead atoms. The fraction of sp³-hybridized carbons (Fsp3) is 0.308. The number of ether oxygens (including phenoxy) is 1. The van der Waals surface area contributed by atoms with Crippen LogP contribution in [0.5, 0.6) is 0 Å². The zero-order valence-electron chi connectivity index (χ0n) is 11.1. The van der Waals surface area contributed by atoms with Crippen molar-refractivity contribution in [2.24, 2.45) is 0 Å². The van der Waals surface area contributed by atoms with Gasteiger partial charge in [-0.1, -0.05) is 0 Å². The van der Waals surface area contributed by atoms with Gasteiger partial charge in [-0.2, -0.15) is 0 Å². The second-order valence-electron chi connectivity index (χ2n) is 4.54. The van der Waals surface area contributed by atoms with E-state index in [1.807, 2.05) is 5.32 Å². The summed E-state index contributed by atoms with van der Waals surface area (Å²) in [5.74, 6) is -6.69. The van der Waals surface area contributed by atoms with E-state index < -0.39 is 47.7 Å². The second-order valence-corrected chi connectivity index (χ2v) is 4.54. The summed E-state index contributed by atoms with van der Waals surface area (Å²) in [6.45, 7) is -0.746. The molecule has 22 heavy (non-hydrogen) atoms. The molecule has 118 valence electrons. The van der Waals surface area contributed by atoms with Crippen molar-refractivity contribution in [1.82, 2.24) is 5.32 Å². The maximum atomic E-state index is 13.3. The van der Waals surface area contributed by atoms with Crippen molar-refractivity contribution in [3.05, 3.63) is 29.6 Å². The number of anilines is 1. The number of halogens is 3. The van der Waals surface area contributed by atoms with Crippen molar-refractivity contribution in [3.8, 4) is 0 Å². The molecule has 1 aliphatic rings. The molecule has 0 saturated carbocycles. The van der Waals surface area contributed by atoms with E-state index in [1.54, 1.807) is 0 Å². The Hall–Kier alpha value is -2.58. The molecule has 2 rings (SSSR count). The van der Waals surface area contributed by atoms with Crippen molar-refractivity contribution in [3.63, 3.8) is 0 Å². The van der Waals surface area contributed by atoms with E-state index in [9.17, 15) is 27.6 Å². The largest absolute Gasteiger partial charge is 0.454 e. The van der Waals surface area contributed by atoms with E-state index in [0.29, 0.717) is 6.07 Å². The predicted octanol–water partition coefficient (Wildman–Crippen LogP) is 0.864. The molecule has 1 fully saturated rings. The Morgan fingerprint density at radius 3 is 2.64 bits per heavy atom. The summed E-state index contributed by atoms with van der Waals surface area (Å²) in [6.07, 6.45) is 0.448. The Morgan fingerprint density at radius 2 is 2.00 bits per heavy atom. The number of benzene rings is 1. The van der Waals surface area contributed by atoms with E-state index in [-0.39, 0.29) is 18.7 Å². The number of carbonyl (C=O) groups excluding carboxylic acids is 3. The number of carbonyl (C=O) groups is 3. The fourth-order valence-corrected chi connectivity index (χ4v) is 1.84. The van der Waals surface area contributed by atoms with Gasteiger partial charge in [-0.05, 0) is 18.6 Å². The van der Waals surface area contributed by atoms with Gasteiger partial charge < -0.3 is 15.4 Å². The first-order valence-electron chi connectivity index (χ1n) is 6.28. The third-order valence-electron chi connectivity index (χ3n) is 2.93. The van der Waals surface area contributed by atoms with Crippen LogP contribution >= 0.6 is 0 Å². The maximum absolute atomic E-state index is 13.3.